The molecule has 4 aromatic carbocycles. The Morgan fingerprint density at radius 3 is 1.47 bits per heavy atom. The van der Waals surface area contributed by atoms with Gasteiger partial charge in [-0.05, 0) is 0 Å². The first-order chi connectivity index (χ1) is 22.1. The van der Waals surface area contributed by atoms with Crippen LogP contribution >= 0.6 is 0 Å². The summed E-state index contributed by atoms with van der Waals surface area (Å²) in [5.74, 6) is 1.03. The average Bonchev–Trinajstić information content (AvgIpc) is 3.70. The molecule has 0 fully saturated rings. The van der Waals surface area contributed by atoms with Gasteiger partial charge in [0, 0.05) is 0 Å². The van der Waals surface area contributed by atoms with Crippen LogP contribution in [-0.2, 0) is 14.2 Å². The first kappa shape index (κ1) is 34.3. The van der Waals surface area contributed by atoms with Gasteiger partial charge in [-0.15, -0.1) is 0 Å². The van der Waals surface area contributed by atoms with Crippen LogP contribution in [0.2, 0.25) is 18.2 Å². The zero-order chi connectivity index (χ0) is 33.7. The third-order valence-electron chi connectivity index (χ3n) is 12.9. The van der Waals surface area contributed by atoms with Gasteiger partial charge in [0.2, 0.25) is 0 Å². The van der Waals surface area contributed by atoms with Gasteiger partial charge < -0.3 is 0 Å². The Hall–Kier alpha value is -2.55. The molecule has 0 bridgehead atoms. The van der Waals surface area contributed by atoms with Crippen LogP contribution in [0.5, 0.6) is 0 Å². The van der Waals surface area contributed by atoms with Gasteiger partial charge in [0.1, 0.15) is 0 Å². The van der Waals surface area contributed by atoms with Crippen molar-refractivity contribution < 1.29 is 14.2 Å². The Labute approximate surface area is 281 Å². The number of hydrogen-bond acceptors (Lipinski definition) is 0. The molecule has 2 atom stereocenters. The monoisotopic (exact) mass is 806 g/mol. The van der Waals surface area contributed by atoms with Gasteiger partial charge in [-0.25, -0.2) is 0 Å². The molecule has 0 aromatic heterocycles. The van der Waals surface area contributed by atoms with Crippen molar-refractivity contribution in [1.82, 2.24) is 0 Å². The summed E-state index contributed by atoms with van der Waals surface area (Å²) < 4.78 is 10.8. The Balaban J connectivity index is 1.54. The molecule has 2 unspecified atom stereocenters. The molecule has 0 amide bonds. The van der Waals surface area contributed by atoms with Crippen LogP contribution in [0, 0.1) is 0 Å². The summed E-state index contributed by atoms with van der Waals surface area (Å²) in [4.78, 5) is 0. The topological polar surface area (TPSA) is 0 Å². The van der Waals surface area contributed by atoms with Crippen LogP contribution in [0.3, 0.4) is 0 Å². The second kappa shape index (κ2) is 11.2. The molecule has 0 saturated heterocycles. The molecule has 0 heterocycles. The summed E-state index contributed by atoms with van der Waals surface area (Å²) in [5, 5.41) is 0. The molecular weight excluding hydrogens is 747 g/mol. The van der Waals surface area contributed by atoms with Crippen molar-refractivity contribution in [2.75, 3.05) is 0 Å². The Kier molecular flexibility index (Phi) is 8.21. The van der Waals surface area contributed by atoms with Gasteiger partial charge in [0.15, 0.2) is 0 Å². The van der Waals surface area contributed by atoms with E-state index in [0.717, 1.165) is 0 Å². The summed E-state index contributed by atoms with van der Waals surface area (Å²) in [6.45, 7) is 14.0. The van der Waals surface area contributed by atoms with Crippen LogP contribution < -0.4 is 0 Å². The number of unbranched alkanes of at least 4 members (excludes halogenated alkanes) is 3. The van der Waals surface area contributed by atoms with Crippen molar-refractivity contribution in [3.63, 3.8) is 0 Å². The van der Waals surface area contributed by atoms with Crippen molar-refractivity contribution in [2.45, 2.75) is 97.7 Å². The molecule has 2 aliphatic rings. The van der Waals surface area contributed by atoms with E-state index in [2.05, 4.69) is 165 Å². The molecule has 4 aromatic rings. The fourth-order valence-corrected chi connectivity index (χ4v) is 48.9. The van der Waals surface area contributed by atoms with Crippen molar-refractivity contribution in [3.05, 3.63) is 130 Å². The summed E-state index contributed by atoms with van der Waals surface area (Å²) in [6.07, 6.45) is 15.6. The number of hydrogen-bond donors (Lipinski definition) is 0. The van der Waals surface area contributed by atoms with Gasteiger partial charge in [0.25, 0.3) is 0 Å². The molecule has 0 radical (unpaired) electrons. The number of allylic oxidation sites excluding steroid dienone is 2. The van der Waals surface area contributed by atoms with E-state index in [1.165, 1.54) is 74.4 Å². The minimum atomic E-state index is -4.98. The summed E-state index contributed by atoms with van der Waals surface area (Å²) >= 11 is -4.98. The predicted molar refractivity (Wildman–Crippen MR) is 211 cm³/mol. The molecule has 47 heavy (non-hydrogen) atoms. The third kappa shape index (κ3) is 5.80. The molecule has 0 spiro atoms. The van der Waals surface area contributed by atoms with E-state index < -0.39 is 14.2 Å². The number of benzene rings is 4. The molecule has 0 nitrogen and oxygen atoms in total. The average molecular weight is 806 g/mol. The van der Waals surface area contributed by atoms with Crippen molar-refractivity contribution >= 4 is 19.1 Å². The van der Waals surface area contributed by atoms with Crippen LogP contribution in [0.4, 0.5) is 0 Å². The molecule has 2 aliphatic carbocycles. The Morgan fingerprint density at radius 2 is 1.04 bits per heavy atom. The van der Waals surface area contributed by atoms with Gasteiger partial charge in [-0.1, -0.05) is 0 Å². The van der Waals surface area contributed by atoms with Gasteiger partial charge in [-0.2, -0.15) is 0 Å². The first-order valence-corrected chi connectivity index (χ1v) is 44.3. The normalized spacial score (nSPS) is 19.3. The van der Waals surface area contributed by atoms with E-state index in [0.29, 0.717) is 19.2 Å². The summed E-state index contributed by atoms with van der Waals surface area (Å²) in [7, 11) is 0. The molecule has 0 saturated carbocycles. The predicted octanol–water partition coefficient (Wildman–Crippen LogP) is 13.6. The van der Waals surface area contributed by atoms with Crippen molar-refractivity contribution in [1.29, 1.82) is 0 Å². The number of rotatable bonds is 11. The minimum absolute atomic E-state index is 0.427. The fourth-order valence-electron chi connectivity index (χ4n) is 9.74. The maximum atomic E-state index is 2.86. The van der Waals surface area contributed by atoms with Crippen molar-refractivity contribution in [2.24, 2.45) is 0 Å². The maximum absolute atomic E-state index is 4.98. The van der Waals surface area contributed by atoms with Crippen LogP contribution in [0.1, 0.15) is 113 Å². The molecular formula is C45H58HfSi. The zero-order valence-electron chi connectivity index (χ0n) is 30.4. The Morgan fingerprint density at radius 1 is 0.596 bits per heavy atom. The second-order valence-corrected chi connectivity index (χ2v) is 101. The molecule has 246 valence electrons. The third-order valence-corrected chi connectivity index (χ3v) is 59.0. The van der Waals surface area contributed by atoms with E-state index in [-0.39, 0.29) is 0 Å². The van der Waals surface area contributed by atoms with E-state index >= 15 is 0 Å². The summed E-state index contributed by atoms with van der Waals surface area (Å²) in [5.41, 5.74) is 14.3. The Bertz CT molecular complexity index is 1900. The number of fused-ring (bicyclic) bond motifs is 2. The zero-order valence-corrected chi connectivity index (χ0v) is 35.5. The molecule has 0 N–H and O–H groups in total. The van der Waals surface area contributed by atoms with E-state index in [1.54, 1.807) is 11.1 Å². The summed E-state index contributed by atoms with van der Waals surface area (Å²) in [6, 6.07) is 32.9. The molecule has 0 aliphatic heterocycles. The molecule has 2 heteroatoms. The SMILES string of the molecule is CCCCC[CH2][Hf]([CH3])([CH3])([CH3])(=[SiH2])([CH]1C=Cc2c(-c3cccc(C(C)C)c3)cccc21)[CH]1C=Cc2c(-c3cccc(C(C)C)c3)cccc21. The first-order valence-electron chi connectivity index (χ1n) is 18.5. The van der Waals surface area contributed by atoms with E-state index in [9.17, 15) is 0 Å². The van der Waals surface area contributed by atoms with Gasteiger partial charge >= 0.3 is 284 Å². The van der Waals surface area contributed by atoms with Crippen LogP contribution in [-0.4, -0.2) is 6.94 Å². The van der Waals surface area contributed by atoms with Crippen LogP contribution in [0.25, 0.3) is 34.4 Å². The quantitative estimate of drug-likeness (QED) is 0.105. The second-order valence-electron chi connectivity index (χ2n) is 19.2. The van der Waals surface area contributed by atoms with Crippen LogP contribution in [0.15, 0.2) is 97.1 Å². The van der Waals surface area contributed by atoms with Gasteiger partial charge in [-0.3, -0.25) is 0 Å². The van der Waals surface area contributed by atoms with Gasteiger partial charge in [0.05, 0.1) is 0 Å². The van der Waals surface area contributed by atoms with E-state index in [1.807, 2.05) is 0 Å². The fraction of sp³-hybridized carbons (Fsp3) is 0.378. The standard InChI is InChI=1S/2C18H17.C6H13.3CH3.Hf.H2Si/c2*1-13(2)15-8-3-9-16(12-15)18-11-5-7-14-6-4-10-17(14)18;1-3-5-6-4-2;;;;;/h2*3-13H,1-2H3;1,3-6H2,2H3;3*1H3;;1H2. The molecule has 6 rings (SSSR count). The van der Waals surface area contributed by atoms with E-state index in [4.69, 9.17) is 0 Å². The van der Waals surface area contributed by atoms with Crippen molar-refractivity contribution in [3.8, 4) is 22.3 Å².